The predicted molar refractivity (Wildman–Crippen MR) is 56.6 cm³/mol. The van der Waals surface area contributed by atoms with Crippen molar-refractivity contribution in [2.75, 3.05) is 0 Å². The molecule has 0 aromatic carbocycles. The highest BCUT2D eigenvalue weighted by atomic mass is 16.4. The quantitative estimate of drug-likeness (QED) is 0.471. The fraction of sp³-hybridized carbons (Fsp3) is 0.889. The molecule has 0 aromatic heterocycles. The zero-order valence-corrected chi connectivity index (χ0v) is 8.84. The maximum absolute atomic E-state index is 10.9. The summed E-state index contributed by atoms with van der Waals surface area (Å²) in [6.45, 7) is 3.72. The highest BCUT2D eigenvalue weighted by Crippen LogP contribution is 2.21. The monoisotopic (exact) mass is 185 g/mol. The minimum atomic E-state index is -1.03. The van der Waals surface area contributed by atoms with Crippen LogP contribution in [0.3, 0.4) is 0 Å². The Morgan fingerprint density at radius 3 is 2.38 bits per heavy atom. The predicted octanol–water partition coefficient (Wildman–Crippen LogP) is 0.646. The number of unbranched alkanes of at least 4 members (excludes halogenated alkanes) is 1. The van der Waals surface area contributed by atoms with Gasteiger partial charge in [0, 0.05) is 0 Å². The summed E-state index contributed by atoms with van der Waals surface area (Å²) in [4.78, 5) is 10.9. The lowest BCUT2D eigenvalue weighted by Crippen LogP contribution is -2.52. The van der Waals surface area contributed by atoms with E-state index in [4.69, 9.17) is 10.8 Å². The molecule has 13 heavy (non-hydrogen) atoms. The average Bonchev–Trinajstić information content (AvgIpc) is 2.03. The van der Waals surface area contributed by atoms with E-state index in [1.165, 1.54) is 0 Å². The van der Waals surface area contributed by atoms with E-state index in [0.29, 0.717) is 6.42 Å². The first kappa shape index (κ1) is 12.5. The number of aliphatic carboxylic acids is 1. The third kappa shape index (κ3) is 3.39. The second-order valence-corrected chi connectivity index (χ2v) is 3.96. The van der Waals surface area contributed by atoms with Gasteiger partial charge in [0.05, 0.1) is 0 Å². The van der Waals surface area contributed by atoms with Crippen LogP contribution in [-0.2, 0) is 4.79 Å². The zero-order chi connectivity index (χ0) is 10.5. The summed E-state index contributed by atoms with van der Waals surface area (Å²) in [5.41, 5.74) is 4.79. The molecule has 0 aromatic rings. The van der Waals surface area contributed by atoms with Crippen molar-refractivity contribution in [1.29, 1.82) is 0 Å². The van der Waals surface area contributed by atoms with Crippen LogP contribution < -0.4 is 5.73 Å². The fourth-order valence-electron chi connectivity index (χ4n) is 1.31. The molecule has 0 radical (unpaired) electrons. The van der Waals surface area contributed by atoms with Crippen molar-refractivity contribution in [3.05, 3.63) is 0 Å². The van der Waals surface area contributed by atoms with Crippen molar-refractivity contribution < 1.29 is 9.90 Å². The Balaban J connectivity index is 4.17. The van der Waals surface area contributed by atoms with E-state index in [-0.39, 0.29) is 5.92 Å². The molecular formula is C9H20BNO2. The molecule has 0 amide bonds. The van der Waals surface area contributed by atoms with Crippen LogP contribution in [0.5, 0.6) is 0 Å². The van der Waals surface area contributed by atoms with Gasteiger partial charge in [0.2, 0.25) is 0 Å². The summed E-state index contributed by atoms with van der Waals surface area (Å²) in [5, 5.41) is 8.98. The van der Waals surface area contributed by atoms with Crippen molar-refractivity contribution >= 4 is 13.8 Å². The van der Waals surface area contributed by atoms with E-state index in [0.717, 1.165) is 19.2 Å². The fourth-order valence-corrected chi connectivity index (χ4v) is 1.31. The molecule has 0 spiro atoms. The van der Waals surface area contributed by atoms with Crippen molar-refractivity contribution in [2.24, 2.45) is 11.7 Å². The van der Waals surface area contributed by atoms with Crippen molar-refractivity contribution in [2.45, 2.75) is 45.0 Å². The summed E-state index contributed by atoms with van der Waals surface area (Å²) in [6.07, 6.45) is 3.62. The molecule has 4 heteroatoms. The molecule has 0 aliphatic heterocycles. The molecule has 0 saturated heterocycles. The van der Waals surface area contributed by atoms with Gasteiger partial charge in [-0.15, -0.1) is 0 Å². The minimum Gasteiger partial charge on any atom is -0.480 e. The molecular weight excluding hydrogens is 165 g/mol. The summed E-state index contributed by atoms with van der Waals surface area (Å²) >= 11 is 0. The number of carbonyl (C=O) groups is 1. The van der Waals surface area contributed by atoms with Gasteiger partial charge in [-0.2, -0.15) is 0 Å². The van der Waals surface area contributed by atoms with Crippen LogP contribution in [0, 0.1) is 5.92 Å². The molecule has 0 saturated carbocycles. The Morgan fingerprint density at radius 2 is 2.08 bits per heavy atom. The normalized spacial score (nSPS) is 15.7. The Bertz CT molecular complexity index is 173. The third-order valence-corrected chi connectivity index (χ3v) is 2.62. The van der Waals surface area contributed by atoms with Gasteiger partial charge in [-0.05, 0) is 12.3 Å². The molecule has 0 fully saturated rings. The number of hydrogen-bond acceptors (Lipinski definition) is 2. The first-order chi connectivity index (χ1) is 5.95. The van der Waals surface area contributed by atoms with Crippen molar-refractivity contribution in [3.8, 4) is 0 Å². The standard InChI is InChI=1S/C9H20BNO2/c1-7(2)9(11,8(12)13)5-3-4-6-10/h7H,3-6,10-11H2,1-2H3,(H,12,13). The highest BCUT2D eigenvalue weighted by molar-refractivity contribution is 6.08. The summed E-state index contributed by atoms with van der Waals surface area (Å²) in [7, 11) is 2.09. The third-order valence-electron chi connectivity index (χ3n) is 2.62. The van der Waals surface area contributed by atoms with Crippen LogP contribution in [0.25, 0.3) is 0 Å². The van der Waals surface area contributed by atoms with Crippen LogP contribution >= 0.6 is 0 Å². The minimum absolute atomic E-state index is 0.0122. The van der Waals surface area contributed by atoms with E-state index in [9.17, 15) is 4.79 Å². The van der Waals surface area contributed by atoms with E-state index in [1.54, 1.807) is 0 Å². The van der Waals surface area contributed by atoms with Gasteiger partial charge in [0.25, 0.3) is 0 Å². The van der Waals surface area contributed by atoms with E-state index in [1.807, 2.05) is 13.8 Å². The summed E-state index contributed by atoms with van der Waals surface area (Å²) in [6, 6.07) is 0. The van der Waals surface area contributed by atoms with Gasteiger partial charge >= 0.3 is 5.97 Å². The number of hydrogen-bond donors (Lipinski definition) is 2. The van der Waals surface area contributed by atoms with E-state index < -0.39 is 11.5 Å². The number of carboxylic acid groups (broad SMARTS) is 1. The highest BCUT2D eigenvalue weighted by Gasteiger charge is 2.36. The Kier molecular flexibility index (Phi) is 5.07. The van der Waals surface area contributed by atoms with Gasteiger partial charge in [0.15, 0.2) is 0 Å². The smallest absolute Gasteiger partial charge is 0.323 e. The molecule has 0 aliphatic rings. The van der Waals surface area contributed by atoms with Crippen molar-refractivity contribution in [3.63, 3.8) is 0 Å². The van der Waals surface area contributed by atoms with Crippen LogP contribution in [0.15, 0.2) is 0 Å². The second kappa shape index (κ2) is 5.27. The lowest BCUT2D eigenvalue weighted by atomic mass is 9.82. The summed E-state index contributed by atoms with van der Waals surface area (Å²) < 4.78 is 0. The SMILES string of the molecule is BCCCCC(N)(C(=O)O)C(C)C. The van der Waals surface area contributed by atoms with Gasteiger partial charge in [0.1, 0.15) is 13.4 Å². The largest absolute Gasteiger partial charge is 0.480 e. The van der Waals surface area contributed by atoms with Crippen LogP contribution in [0.1, 0.15) is 33.1 Å². The zero-order valence-electron chi connectivity index (χ0n) is 8.84. The second-order valence-electron chi connectivity index (χ2n) is 3.96. The molecule has 1 unspecified atom stereocenters. The molecule has 0 heterocycles. The number of rotatable bonds is 6. The molecule has 76 valence electrons. The Hall–Kier alpha value is -0.505. The maximum atomic E-state index is 10.9. The lowest BCUT2D eigenvalue weighted by molar-refractivity contribution is -0.145. The van der Waals surface area contributed by atoms with E-state index >= 15 is 0 Å². The molecule has 0 rings (SSSR count). The maximum Gasteiger partial charge on any atom is 0.323 e. The Labute approximate surface area is 81.1 Å². The topological polar surface area (TPSA) is 63.3 Å². The average molecular weight is 185 g/mol. The van der Waals surface area contributed by atoms with Crippen LogP contribution in [0.4, 0.5) is 0 Å². The molecule has 1 atom stereocenters. The number of nitrogens with two attached hydrogens (primary N) is 1. The summed E-state index contributed by atoms with van der Waals surface area (Å²) in [5.74, 6) is -0.888. The van der Waals surface area contributed by atoms with Crippen LogP contribution in [0.2, 0.25) is 6.32 Å². The van der Waals surface area contributed by atoms with Gasteiger partial charge in [-0.3, -0.25) is 4.79 Å². The molecule has 0 aliphatic carbocycles. The van der Waals surface area contributed by atoms with Crippen molar-refractivity contribution in [1.82, 2.24) is 0 Å². The van der Waals surface area contributed by atoms with Crippen LogP contribution in [-0.4, -0.2) is 24.5 Å². The molecule has 0 bridgehead atoms. The Morgan fingerprint density at radius 1 is 1.54 bits per heavy atom. The van der Waals surface area contributed by atoms with Gasteiger partial charge < -0.3 is 10.8 Å². The first-order valence-corrected chi connectivity index (χ1v) is 4.97. The van der Waals surface area contributed by atoms with Gasteiger partial charge in [-0.25, -0.2) is 0 Å². The van der Waals surface area contributed by atoms with Gasteiger partial charge in [-0.1, -0.05) is 33.0 Å². The lowest BCUT2D eigenvalue weighted by Gasteiger charge is -2.28. The molecule has 3 nitrogen and oxygen atoms in total. The molecule has 3 N–H and O–H groups in total. The number of carboxylic acids is 1. The van der Waals surface area contributed by atoms with E-state index in [2.05, 4.69) is 7.85 Å². The first-order valence-electron chi connectivity index (χ1n) is 4.97.